The van der Waals surface area contributed by atoms with Crippen molar-refractivity contribution in [3.63, 3.8) is 0 Å². The van der Waals surface area contributed by atoms with Crippen LogP contribution >= 0.6 is 0 Å². The summed E-state index contributed by atoms with van der Waals surface area (Å²) in [5, 5.41) is 0. The first-order valence-corrected chi connectivity index (χ1v) is 8.32. The van der Waals surface area contributed by atoms with Crippen LogP contribution in [-0.4, -0.2) is 23.1 Å². The fraction of sp³-hybridized carbons (Fsp3) is 0.190. The van der Waals surface area contributed by atoms with E-state index >= 15 is 0 Å². The average Bonchev–Trinajstić information content (AvgIpc) is 3.26. The van der Waals surface area contributed by atoms with E-state index in [1.54, 1.807) is 0 Å². The SMILES string of the molecule is c1ccc(CC2COC(c3cccn3Cc3ccccc3)=N2)cc1. The fourth-order valence-corrected chi connectivity index (χ4v) is 3.07. The number of benzene rings is 2. The highest BCUT2D eigenvalue weighted by atomic mass is 16.5. The highest BCUT2D eigenvalue weighted by Crippen LogP contribution is 2.17. The number of nitrogens with zero attached hydrogens (tertiary/aromatic N) is 2. The van der Waals surface area contributed by atoms with Gasteiger partial charge >= 0.3 is 0 Å². The van der Waals surface area contributed by atoms with Gasteiger partial charge in [0, 0.05) is 12.7 Å². The van der Waals surface area contributed by atoms with Crippen molar-refractivity contribution < 1.29 is 4.74 Å². The van der Waals surface area contributed by atoms with Gasteiger partial charge in [-0.1, -0.05) is 60.7 Å². The van der Waals surface area contributed by atoms with Gasteiger partial charge in [0.25, 0.3) is 0 Å². The Hall–Kier alpha value is -2.81. The van der Waals surface area contributed by atoms with E-state index in [1.807, 2.05) is 12.1 Å². The monoisotopic (exact) mass is 316 g/mol. The molecule has 3 nitrogen and oxygen atoms in total. The molecule has 2 heterocycles. The summed E-state index contributed by atoms with van der Waals surface area (Å²) in [6, 6.07) is 25.2. The molecule has 1 aliphatic heterocycles. The summed E-state index contributed by atoms with van der Waals surface area (Å²) < 4.78 is 8.08. The molecule has 4 rings (SSSR count). The molecule has 1 atom stereocenters. The van der Waals surface area contributed by atoms with Gasteiger partial charge in [-0.15, -0.1) is 0 Å². The number of rotatable bonds is 5. The van der Waals surface area contributed by atoms with Gasteiger partial charge < -0.3 is 9.30 Å². The zero-order valence-corrected chi connectivity index (χ0v) is 13.5. The number of hydrogen-bond donors (Lipinski definition) is 0. The first-order valence-electron chi connectivity index (χ1n) is 8.32. The zero-order chi connectivity index (χ0) is 16.2. The van der Waals surface area contributed by atoms with Crippen LogP contribution in [0.25, 0.3) is 0 Å². The maximum atomic E-state index is 5.89. The van der Waals surface area contributed by atoms with Gasteiger partial charge in [0.15, 0.2) is 0 Å². The van der Waals surface area contributed by atoms with Crippen LogP contribution in [-0.2, 0) is 17.7 Å². The van der Waals surface area contributed by atoms with Gasteiger partial charge in [-0.05, 0) is 29.7 Å². The van der Waals surface area contributed by atoms with E-state index in [2.05, 4.69) is 71.4 Å². The number of ether oxygens (including phenoxy) is 1. The minimum Gasteiger partial charge on any atom is -0.474 e. The maximum absolute atomic E-state index is 5.89. The van der Waals surface area contributed by atoms with Crippen LogP contribution in [0.3, 0.4) is 0 Å². The molecule has 24 heavy (non-hydrogen) atoms. The Kier molecular flexibility index (Phi) is 4.15. The predicted octanol–water partition coefficient (Wildman–Crippen LogP) is 3.92. The van der Waals surface area contributed by atoms with Crippen molar-refractivity contribution in [1.29, 1.82) is 0 Å². The Balaban J connectivity index is 1.50. The summed E-state index contributed by atoms with van der Waals surface area (Å²) in [6.45, 7) is 1.48. The van der Waals surface area contributed by atoms with Crippen LogP contribution in [0.1, 0.15) is 16.8 Å². The second-order valence-electron chi connectivity index (χ2n) is 6.10. The highest BCUT2D eigenvalue weighted by Gasteiger charge is 2.22. The molecule has 1 unspecified atom stereocenters. The minimum atomic E-state index is 0.197. The highest BCUT2D eigenvalue weighted by molar-refractivity contribution is 5.93. The lowest BCUT2D eigenvalue weighted by Gasteiger charge is -2.08. The van der Waals surface area contributed by atoms with Crippen LogP contribution < -0.4 is 0 Å². The van der Waals surface area contributed by atoms with Crippen molar-refractivity contribution >= 4 is 5.90 Å². The number of aliphatic imine (C=N–C) groups is 1. The summed E-state index contributed by atoms with van der Waals surface area (Å²) in [7, 11) is 0. The molecule has 0 saturated carbocycles. The Bertz CT molecular complexity index is 821. The zero-order valence-electron chi connectivity index (χ0n) is 13.5. The smallest absolute Gasteiger partial charge is 0.233 e. The Labute approximate surface area is 142 Å². The standard InChI is InChI=1S/C21H20N2O/c1-3-8-17(9-4-1)14-19-16-24-21(22-19)20-12-7-13-23(20)15-18-10-5-2-6-11-18/h1-13,19H,14-16H2. The van der Waals surface area contributed by atoms with Crippen LogP contribution in [0.4, 0.5) is 0 Å². The molecule has 2 aromatic carbocycles. The summed E-state index contributed by atoms with van der Waals surface area (Å²) >= 11 is 0. The van der Waals surface area contributed by atoms with E-state index in [4.69, 9.17) is 9.73 Å². The lowest BCUT2D eigenvalue weighted by Crippen LogP contribution is -2.11. The molecule has 0 saturated heterocycles. The predicted molar refractivity (Wildman–Crippen MR) is 96.4 cm³/mol. The van der Waals surface area contributed by atoms with Gasteiger partial charge in [-0.2, -0.15) is 0 Å². The van der Waals surface area contributed by atoms with Crippen molar-refractivity contribution in [1.82, 2.24) is 4.57 Å². The Morgan fingerprint density at radius 2 is 1.58 bits per heavy atom. The van der Waals surface area contributed by atoms with Crippen molar-refractivity contribution in [2.45, 2.75) is 19.0 Å². The van der Waals surface area contributed by atoms with Gasteiger partial charge in [0.05, 0.1) is 6.04 Å². The molecule has 3 heteroatoms. The van der Waals surface area contributed by atoms with Gasteiger partial charge in [0.2, 0.25) is 5.90 Å². The van der Waals surface area contributed by atoms with Gasteiger partial charge in [0.1, 0.15) is 12.3 Å². The molecule has 3 aromatic rings. The average molecular weight is 316 g/mol. The third kappa shape index (κ3) is 3.25. The summed E-state index contributed by atoms with van der Waals surface area (Å²) in [5.74, 6) is 0.761. The van der Waals surface area contributed by atoms with E-state index in [1.165, 1.54) is 11.1 Å². The lowest BCUT2D eigenvalue weighted by atomic mass is 10.1. The first-order chi connectivity index (χ1) is 11.9. The lowest BCUT2D eigenvalue weighted by molar-refractivity contribution is 0.315. The topological polar surface area (TPSA) is 26.5 Å². The van der Waals surface area contributed by atoms with Crippen molar-refractivity contribution in [3.8, 4) is 0 Å². The molecule has 0 bridgehead atoms. The quantitative estimate of drug-likeness (QED) is 0.700. The van der Waals surface area contributed by atoms with E-state index in [9.17, 15) is 0 Å². The summed E-state index contributed by atoms with van der Waals surface area (Å²) in [5.41, 5.74) is 3.62. The molecule has 1 aromatic heterocycles. The molecular formula is C21H20N2O. The van der Waals surface area contributed by atoms with E-state index in [-0.39, 0.29) is 6.04 Å². The molecule has 0 radical (unpaired) electrons. The van der Waals surface area contributed by atoms with E-state index in [0.717, 1.165) is 24.6 Å². The Morgan fingerprint density at radius 3 is 2.33 bits per heavy atom. The van der Waals surface area contributed by atoms with Crippen LogP contribution in [0, 0.1) is 0 Å². The molecule has 0 N–H and O–H groups in total. The third-order valence-electron chi connectivity index (χ3n) is 4.27. The number of aromatic nitrogens is 1. The van der Waals surface area contributed by atoms with Crippen molar-refractivity contribution in [3.05, 3.63) is 95.8 Å². The van der Waals surface area contributed by atoms with Crippen LogP contribution in [0.15, 0.2) is 84.0 Å². The van der Waals surface area contributed by atoms with E-state index in [0.29, 0.717) is 6.61 Å². The third-order valence-corrected chi connectivity index (χ3v) is 4.27. The minimum absolute atomic E-state index is 0.197. The summed E-state index contributed by atoms with van der Waals surface area (Å²) in [6.07, 6.45) is 3.00. The first kappa shape index (κ1) is 14.8. The molecule has 0 aliphatic carbocycles. The normalized spacial score (nSPS) is 16.7. The van der Waals surface area contributed by atoms with Gasteiger partial charge in [-0.25, -0.2) is 4.99 Å². The number of hydrogen-bond acceptors (Lipinski definition) is 2. The molecule has 1 aliphatic rings. The Morgan fingerprint density at radius 1 is 0.875 bits per heavy atom. The van der Waals surface area contributed by atoms with Crippen LogP contribution in [0.2, 0.25) is 0 Å². The molecular weight excluding hydrogens is 296 g/mol. The molecule has 0 amide bonds. The summed E-state index contributed by atoms with van der Waals surface area (Å²) in [4.78, 5) is 4.80. The van der Waals surface area contributed by atoms with Crippen LogP contribution in [0.5, 0.6) is 0 Å². The largest absolute Gasteiger partial charge is 0.474 e. The molecule has 120 valence electrons. The maximum Gasteiger partial charge on any atom is 0.233 e. The fourth-order valence-electron chi connectivity index (χ4n) is 3.07. The second kappa shape index (κ2) is 6.75. The van der Waals surface area contributed by atoms with Crippen molar-refractivity contribution in [2.24, 2.45) is 4.99 Å². The molecule has 0 fully saturated rings. The molecule has 0 spiro atoms. The second-order valence-corrected chi connectivity index (χ2v) is 6.10. The van der Waals surface area contributed by atoms with Crippen molar-refractivity contribution in [2.75, 3.05) is 6.61 Å². The van der Waals surface area contributed by atoms with Gasteiger partial charge in [-0.3, -0.25) is 0 Å². The van der Waals surface area contributed by atoms with E-state index < -0.39 is 0 Å².